The van der Waals surface area contributed by atoms with Gasteiger partial charge in [0.15, 0.2) is 11.5 Å². The molecule has 1 aliphatic heterocycles. The number of carbonyl (C=O) groups is 1. The summed E-state index contributed by atoms with van der Waals surface area (Å²) in [6.07, 6.45) is 6.09. The van der Waals surface area contributed by atoms with Crippen LogP contribution < -0.4 is 14.8 Å². The summed E-state index contributed by atoms with van der Waals surface area (Å²) in [5, 5.41) is 2.94. The highest BCUT2D eigenvalue weighted by Gasteiger charge is 2.29. The molecule has 3 aromatic rings. The lowest BCUT2D eigenvalue weighted by Crippen LogP contribution is -2.03. The van der Waals surface area contributed by atoms with Crippen LogP contribution in [0.4, 0.5) is 5.69 Å². The van der Waals surface area contributed by atoms with Crippen molar-refractivity contribution in [2.45, 2.75) is 32.6 Å². The molecule has 5 rings (SSSR count). The van der Waals surface area contributed by atoms with E-state index in [0.717, 1.165) is 53.9 Å². The monoisotopic (exact) mass is 415 g/mol. The average Bonchev–Trinajstić information content (AvgIpc) is 3.30. The summed E-state index contributed by atoms with van der Waals surface area (Å²) in [5.41, 5.74) is 6.77. The Bertz CT molecular complexity index is 1200. The first-order valence-corrected chi connectivity index (χ1v) is 10.6. The van der Waals surface area contributed by atoms with Gasteiger partial charge in [-0.2, -0.15) is 0 Å². The molecule has 0 spiro atoms. The lowest BCUT2D eigenvalue weighted by atomic mass is 9.90. The molecular weight excluding hydrogens is 390 g/mol. The standard InChI is InChI=1S/C26H25NO4/c1-15-8-10-16(11-9-15)25-17-6-4-5-7-21(17)31-24(25)13-19-18-12-22(29-2)23(30-3)14-20(18)27-26(19)28/h8-14H,4-7H2,1-3H3,(H,27,28). The number of benzene rings is 2. The molecule has 31 heavy (non-hydrogen) atoms. The van der Waals surface area contributed by atoms with E-state index in [-0.39, 0.29) is 5.91 Å². The number of nitrogens with one attached hydrogen (secondary N) is 1. The van der Waals surface area contributed by atoms with Crippen molar-refractivity contribution in [1.29, 1.82) is 0 Å². The normalized spacial score (nSPS) is 16.1. The van der Waals surface area contributed by atoms with Gasteiger partial charge in [-0.15, -0.1) is 0 Å². The van der Waals surface area contributed by atoms with Crippen molar-refractivity contribution < 1.29 is 18.7 Å². The molecule has 2 heterocycles. The molecule has 0 radical (unpaired) electrons. The number of rotatable bonds is 4. The lowest BCUT2D eigenvalue weighted by molar-refractivity contribution is -0.110. The summed E-state index contributed by atoms with van der Waals surface area (Å²) in [4.78, 5) is 12.9. The first-order chi connectivity index (χ1) is 15.1. The fourth-order valence-electron chi connectivity index (χ4n) is 4.52. The van der Waals surface area contributed by atoms with E-state index < -0.39 is 0 Å². The molecule has 0 atom stereocenters. The van der Waals surface area contributed by atoms with Gasteiger partial charge in [-0.05, 0) is 43.9 Å². The highest BCUT2D eigenvalue weighted by atomic mass is 16.5. The van der Waals surface area contributed by atoms with E-state index >= 15 is 0 Å². The Labute approximate surface area is 181 Å². The maximum atomic E-state index is 12.9. The number of hydrogen-bond donors (Lipinski definition) is 1. The summed E-state index contributed by atoms with van der Waals surface area (Å²) in [6, 6.07) is 12.1. The highest BCUT2D eigenvalue weighted by Crippen LogP contribution is 2.43. The van der Waals surface area contributed by atoms with Gasteiger partial charge in [0, 0.05) is 29.2 Å². The zero-order valence-corrected chi connectivity index (χ0v) is 18.0. The maximum Gasteiger partial charge on any atom is 0.256 e. The van der Waals surface area contributed by atoms with Gasteiger partial charge >= 0.3 is 0 Å². The molecule has 0 saturated carbocycles. The van der Waals surface area contributed by atoms with Crippen LogP contribution in [0, 0.1) is 6.92 Å². The van der Waals surface area contributed by atoms with E-state index in [1.165, 1.54) is 11.1 Å². The fourth-order valence-corrected chi connectivity index (χ4v) is 4.52. The van der Waals surface area contributed by atoms with Gasteiger partial charge in [-0.25, -0.2) is 0 Å². The lowest BCUT2D eigenvalue weighted by Gasteiger charge is -2.11. The maximum absolute atomic E-state index is 12.9. The third-order valence-corrected chi connectivity index (χ3v) is 6.12. The molecule has 0 bridgehead atoms. The highest BCUT2D eigenvalue weighted by molar-refractivity contribution is 6.35. The molecule has 1 aromatic heterocycles. The van der Waals surface area contributed by atoms with Crippen molar-refractivity contribution in [3.05, 3.63) is 64.6 Å². The minimum atomic E-state index is -0.158. The topological polar surface area (TPSA) is 60.7 Å². The molecule has 2 aliphatic rings. The van der Waals surface area contributed by atoms with Crippen LogP contribution in [-0.2, 0) is 17.6 Å². The Morgan fingerprint density at radius 3 is 2.45 bits per heavy atom. The minimum Gasteiger partial charge on any atom is -0.493 e. The zero-order chi connectivity index (χ0) is 21.5. The Kier molecular flexibility index (Phi) is 4.81. The predicted octanol–water partition coefficient (Wildman–Crippen LogP) is 5.64. The molecule has 2 aromatic carbocycles. The first kappa shape index (κ1) is 19.5. The van der Waals surface area contributed by atoms with Gasteiger partial charge in [0.05, 0.1) is 25.5 Å². The average molecular weight is 415 g/mol. The number of anilines is 1. The predicted molar refractivity (Wildman–Crippen MR) is 122 cm³/mol. The van der Waals surface area contributed by atoms with E-state index in [4.69, 9.17) is 13.9 Å². The SMILES string of the molecule is COc1cc2c(cc1OC)C(=Cc1oc3c(c1-c1ccc(C)cc1)CCCC3)C(=O)N2. The Morgan fingerprint density at radius 1 is 1.00 bits per heavy atom. The molecule has 0 saturated heterocycles. The number of amides is 1. The summed E-state index contributed by atoms with van der Waals surface area (Å²) >= 11 is 0. The van der Waals surface area contributed by atoms with Crippen molar-refractivity contribution in [3.8, 4) is 22.6 Å². The minimum absolute atomic E-state index is 0.158. The number of aryl methyl sites for hydroxylation is 2. The van der Waals surface area contributed by atoms with Crippen molar-refractivity contribution in [3.63, 3.8) is 0 Å². The molecule has 0 fully saturated rings. The van der Waals surface area contributed by atoms with E-state index in [1.54, 1.807) is 20.3 Å². The molecule has 1 aliphatic carbocycles. The second-order valence-corrected chi connectivity index (χ2v) is 8.08. The second-order valence-electron chi connectivity index (χ2n) is 8.08. The van der Waals surface area contributed by atoms with Crippen molar-refractivity contribution in [2.75, 3.05) is 19.5 Å². The van der Waals surface area contributed by atoms with Gasteiger partial charge < -0.3 is 19.2 Å². The summed E-state index contributed by atoms with van der Waals surface area (Å²) in [5.74, 6) is 2.79. The number of fused-ring (bicyclic) bond motifs is 2. The van der Waals surface area contributed by atoms with Crippen molar-refractivity contribution in [2.24, 2.45) is 0 Å². The summed E-state index contributed by atoms with van der Waals surface area (Å²) in [6.45, 7) is 2.08. The van der Waals surface area contributed by atoms with E-state index in [0.29, 0.717) is 22.8 Å². The van der Waals surface area contributed by atoms with Crippen LogP contribution >= 0.6 is 0 Å². The second kappa shape index (κ2) is 7.65. The summed E-state index contributed by atoms with van der Waals surface area (Å²) < 4.78 is 17.2. The van der Waals surface area contributed by atoms with Crippen LogP contribution in [0.3, 0.4) is 0 Å². The van der Waals surface area contributed by atoms with E-state index in [9.17, 15) is 4.79 Å². The van der Waals surface area contributed by atoms with Crippen LogP contribution in [0.1, 0.15) is 41.1 Å². The van der Waals surface area contributed by atoms with Crippen LogP contribution in [0.2, 0.25) is 0 Å². The van der Waals surface area contributed by atoms with Crippen LogP contribution in [0.15, 0.2) is 40.8 Å². The quantitative estimate of drug-likeness (QED) is 0.560. The van der Waals surface area contributed by atoms with E-state index in [2.05, 4.69) is 36.5 Å². The summed E-state index contributed by atoms with van der Waals surface area (Å²) in [7, 11) is 3.17. The van der Waals surface area contributed by atoms with Gasteiger partial charge in [-0.1, -0.05) is 29.8 Å². The number of hydrogen-bond acceptors (Lipinski definition) is 4. The van der Waals surface area contributed by atoms with Crippen LogP contribution in [0.5, 0.6) is 11.5 Å². The molecule has 158 valence electrons. The number of methoxy groups -OCH3 is 2. The van der Waals surface area contributed by atoms with Gasteiger partial charge in [0.1, 0.15) is 11.5 Å². The van der Waals surface area contributed by atoms with Crippen LogP contribution in [-0.4, -0.2) is 20.1 Å². The first-order valence-electron chi connectivity index (χ1n) is 10.6. The molecular formula is C26H25NO4. The zero-order valence-electron chi connectivity index (χ0n) is 18.0. The number of ether oxygens (including phenoxy) is 2. The smallest absolute Gasteiger partial charge is 0.256 e. The Hall–Kier alpha value is -3.47. The number of carbonyl (C=O) groups excluding carboxylic acids is 1. The van der Waals surface area contributed by atoms with Crippen molar-refractivity contribution in [1.82, 2.24) is 0 Å². The molecule has 1 amide bonds. The Balaban J connectivity index is 1.68. The van der Waals surface area contributed by atoms with Gasteiger partial charge in [0.25, 0.3) is 5.91 Å². The largest absolute Gasteiger partial charge is 0.493 e. The van der Waals surface area contributed by atoms with Gasteiger partial charge in [0.2, 0.25) is 0 Å². The van der Waals surface area contributed by atoms with Crippen molar-refractivity contribution >= 4 is 23.2 Å². The van der Waals surface area contributed by atoms with Gasteiger partial charge in [-0.3, -0.25) is 4.79 Å². The Morgan fingerprint density at radius 2 is 1.71 bits per heavy atom. The third kappa shape index (κ3) is 3.30. The molecule has 5 heteroatoms. The van der Waals surface area contributed by atoms with Crippen LogP contribution in [0.25, 0.3) is 22.8 Å². The molecule has 0 unspecified atom stereocenters. The third-order valence-electron chi connectivity index (χ3n) is 6.12. The molecule has 5 nitrogen and oxygen atoms in total. The van der Waals surface area contributed by atoms with E-state index in [1.807, 2.05) is 12.1 Å². The molecule has 1 N–H and O–H groups in total. The number of furan rings is 1. The fraction of sp³-hybridized carbons (Fsp3) is 0.269.